The van der Waals surface area contributed by atoms with E-state index in [9.17, 15) is 4.79 Å². The van der Waals surface area contributed by atoms with Gasteiger partial charge in [0, 0.05) is 29.5 Å². The Morgan fingerprint density at radius 1 is 1.21 bits per heavy atom. The molecule has 0 aliphatic heterocycles. The number of aryl methyl sites for hydroxylation is 1. The first kappa shape index (κ1) is 22.9. The average Bonchev–Trinajstić information content (AvgIpc) is 2.72. The lowest BCUT2D eigenvalue weighted by molar-refractivity contribution is -0.117. The Labute approximate surface area is 179 Å². The van der Waals surface area contributed by atoms with Gasteiger partial charge in [0.15, 0.2) is 0 Å². The summed E-state index contributed by atoms with van der Waals surface area (Å²) in [5.74, 6) is -0.0546. The molecule has 0 saturated carbocycles. The number of unbranched alkanes of at least 4 members (excludes halogenated alkanes) is 1. The van der Waals surface area contributed by atoms with Crippen LogP contribution in [0.25, 0.3) is 5.57 Å². The number of halogens is 1. The van der Waals surface area contributed by atoms with E-state index >= 15 is 0 Å². The molecule has 0 spiro atoms. The van der Waals surface area contributed by atoms with Gasteiger partial charge in [0.1, 0.15) is 0 Å². The minimum absolute atomic E-state index is 0.0546. The van der Waals surface area contributed by atoms with Crippen molar-refractivity contribution in [1.29, 1.82) is 0 Å². The summed E-state index contributed by atoms with van der Waals surface area (Å²) >= 11 is 6.00. The van der Waals surface area contributed by atoms with E-state index < -0.39 is 0 Å². The summed E-state index contributed by atoms with van der Waals surface area (Å²) in [5, 5.41) is 3.77. The third-order valence-electron chi connectivity index (χ3n) is 4.77. The van der Waals surface area contributed by atoms with Gasteiger partial charge in [0.2, 0.25) is 5.91 Å². The van der Waals surface area contributed by atoms with Gasteiger partial charge in [-0.1, -0.05) is 55.3 Å². The van der Waals surface area contributed by atoms with Gasteiger partial charge in [-0.05, 0) is 73.9 Å². The SMILES string of the molecule is CCCCC(=CC=CC(=O)N[C@H](C)CCCc1cccnc1)c1ccc(Cl)cc1. The molecule has 1 amide bonds. The molecule has 154 valence electrons. The van der Waals surface area contributed by atoms with Crippen LogP contribution in [0.3, 0.4) is 0 Å². The molecule has 2 aromatic rings. The first-order valence-corrected chi connectivity index (χ1v) is 10.8. The average molecular weight is 411 g/mol. The molecule has 29 heavy (non-hydrogen) atoms. The van der Waals surface area contributed by atoms with Crippen molar-refractivity contribution in [2.75, 3.05) is 0 Å². The maximum atomic E-state index is 12.2. The van der Waals surface area contributed by atoms with E-state index in [-0.39, 0.29) is 11.9 Å². The minimum atomic E-state index is -0.0546. The Morgan fingerprint density at radius 2 is 2.00 bits per heavy atom. The standard InChI is InChI=1S/C25H31ClN2O/c1-3-4-11-22(23-14-16-24(26)17-15-23)12-6-13-25(29)28-20(2)8-5-9-21-10-7-18-27-19-21/h6-7,10,12-20H,3-5,8-9,11H2,1-2H3,(H,28,29)/t20-/m1/s1. The molecule has 1 N–H and O–H groups in total. The second-order valence-electron chi connectivity index (χ2n) is 7.32. The highest BCUT2D eigenvalue weighted by molar-refractivity contribution is 6.30. The Morgan fingerprint density at radius 3 is 2.69 bits per heavy atom. The molecule has 1 aromatic carbocycles. The Balaban J connectivity index is 1.83. The number of hydrogen-bond donors (Lipinski definition) is 1. The molecule has 4 heteroatoms. The van der Waals surface area contributed by atoms with Crippen LogP contribution in [0, 0.1) is 0 Å². The van der Waals surface area contributed by atoms with Gasteiger partial charge in [-0.3, -0.25) is 9.78 Å². The fourth-order valence-corrected chi connectivity index (χ4v) is 3.25. The van der Waals surface area contributed by atoms with Gasteiger partial charge >= 0.3 is 0 Å². The van der Waals surface area contributed by atoms with Crippen LogP contribution >= 0.6 is 11.6 Å². The number of allylic oxidation sites excluding steroid dienone is 3. The van der Waals surface area contributed by atoms with Crippen molar-refractivity contribution < 1.29 is 4.79 Å². The maximum Gasteiger partial charge on any atom is 0.244 e. The second-order valence-corrected chi connectivity index (χ2v) is 7.76. The molecule has 1 atom stereocenters. The summed E-state index contributed by atoms with van der Waals surface area (Å²) in [5.41, 5.74) is 3.60. The van der Waals surface area contributed by atoms with E-state index in [0.29, 0.717) is 0 Å². The zero-order valence-electron chi connectivity index (χ0n) is 17.4. The molecule has 0 radical (unpaired) electrons. The fraction of sp³-hybridized carbons (Fsp3) is 0.360. The molecule has 0 aliphatic carbocycles. The topological polar surface area (TPSA) is 42.0 Å². The zero-order chi connectivity index (χ0) is 20.9. The summed E-state index contributed by atoms with van der Waals surface area (Å²) < 4.78 is 0. The molecular formula is C25H31ClN2O. The van der Waals surface area contributed by atoms with E-state index in [1.807, 2.05) is 55.6 Å². The van der Waals surface area contributed by atoms with Crippen LogP contribution in [0.2, 0.25) is 5.02 Å². The van der Waals surface area contributed by atoms with Gasteiger partial charge in [-0.25, -0.2) is 0 Å². The monoisotopic (exact) mass is 410 g/mol. The number of pyridine rings is 1. The molecule has 2 rings (SSSR count). The molecule has 0 fully saturated rings. The highest BCUT2D eigenvalue weighted by atomic mass is 35.5. The van der Waals surface area contributed by atoms with Crippen molar-refractivity contribution in [3.05, 3.63) is 83.2 Å². The van der Waals surface area contributed by atoms with Gasteiger partial charge in [0.25, 0.3) is 0 Å². The van der Waals surface area contributed by atoms with Gasteiger partial charge < -0.3 is 5.32 Å². The van der Waals surface area contributed by atoms with E-state index in [0.717, 1.165) is 49.1 Å². The lowest BCUT2D eigenvalue weighted by Crippen LogP contribution is -2.31. The summed E-state index contributed by atoms with van der Waals surface area (Å²) in [4.78, 5) is 16.3. The zero-order valence-corrected chi connectivity index (χ0v) is 18.2. The highest BCUT2D eigenvalue weighted by Gasteiger charge is 2.05. The first-order chi connectivity index (χ1) is 14.1. The van der Waals surface area contributed by atoms with Crippen LogP contribution in [-0.4, -0.2) is 16.9 Å². The molecule has 3 nitrogen and oxygen atoms in total. The number of nitrogens with zero attached hydrogens (tertiary/aromatic N) is 1. The Kier molecular flexibility index (Phi) is 10.2. The number of hydrogen-bond acceptors (Lipinski definition) is 2. The smallest absolute Gasteiger partial charge is 0.244 e. The van der Waals surface area contributed by atoms with Crippen molar-refractivity contribution in [2.24, 2.45) is 0 Å². The first-order valence-electron chi connectivity index (χ1n) is 10.4. The summed E-state index contributed by atoms with van der Waals surface area (Å²) in [7, 11) is 0. The summed E-state index contributed by atoms with van der Waals surface area (Å²) in [6.45, 7) is 4.23. The molecule has 1 aromatic heterocycles. The number of aromatic nitrogens is 1. The number of benzene rings is 1. The van der Waals surface area contributed by atoms with Crippen molar-refractivity contribution in [1.82, 2.24) is 10.3 Å². The largest absolute Gasteiger partial charge is 0.350 e. The van der Waals surface area contributed by atoms with Crippen LogP contribution < -0.4 is 5.32 Å². The molecule has 0 saturated heterocycles. The highest BCUT2D eigenvalue weighted by Crippen LogP contribution is 2.22. The molecule has 0 bridgehead atoms. The third kappa shape index (κ3) is 9.10. The number of carbonyl (C=O) groups is 1. The van der Waals surface area contributed by atoms with Crippen molar-refractivity contribution in [3.8, 4) is 0 Å². The number of nitrogens with one attached hydrogen (secondary N) is 1. The van der Waals surface area contributed by atoms with Crippen LogP contribution in [-0.2, 0) is 11.2 Å². The molecule has 1 heterocycles. The maximum absolute atomic E-state index is 12.2. The second kappa shape index (κ2) is 12.9. The van der Waals surface area contributed by atoms with E-state index in [1.165, 1.54) is 11.1 Å². The van der Waals surface area contributed by atoms with Crippen LogP contribution in [0.4, 0.5) is 0 Å². The molecule has 0 unspecified atom stereocenters. The van der Waals surface area contributed by atoms with Crippen molar-refractivity contribution in [3.63, 3.8) is 0 Å². The van der Waals surface area contributed by atoms with Crippen LogP contribution in [0.15, 0.2) is 67.0 Å². The van der Waals surface area contributed by atoms with E-state index in [2.05, 4.69) is 23.3 Å². The Bertz CT molecular complexity index is 797. The number of amides is 1. The molecular weight excluding hydrogens is 380 g/mol. The predicted molar refractivity (Wildman–Crippen MR) is 123 cm³/mol. The predicted octanol–water partition coefficient (Wildman–Crippen LogP) is 6.39. The normalized spacial score (nSPS) is 12.9. The van der Waals surface area contributed by atoms with Crippen molar-refractivity contribution in [2.45, 2.75) is 58.4 Å². The van der Waals surface area contributed by atoms with Crippen LogP contribution in [0.1, 0.15) is 57.1 Å². The van der Waals surface area contributed by atoms with E-state index in [4.69, 9.17) is 11.6 Å². The fourth-order valence-electron chi connectivity index (χ4n) is 3.13. The summed E-state index contributed by atoms with van der Waals surface area (Å²) in [6, 6.07) is 12.0. The lowest BCUT2D eigenvalue weighted by atomic mass is 10.00. The Hall–Kier alpha value is -2.39. The molecule has 0 aliphatic rings. The van der Waals surface area contributed by atoms with E-state index in [1.54, 1.807) is 12.3 Å². The number of rotatable bonds is 11. The van der Waals surface area contributed by atoms with Gasteiger partial charge in [0.05, 0.1) is 0 Å². The van der Waals surface area contributed by atoms with Gasteiger partial charge in [-0.2, -0.15) is 0 Å². The van der Waals surface area contributed by atoms with Gasteiger partial charge in [-0.15, -0.1) is 0 Å². The summed E-state index contributed by atoms with van der Waals surface area (Å²) in [6.07, 6.45) is 15.3. The third-order valence-corrected chi connectivity index (χ3v) is 5.03. The number of carbonyl (C=O) groups excluding carboxylic acids is 1. The van der Waals surface area contributed by atoms with Crippen molar-refractivity contribution >= 4 is 23.1 Å². The minimum Gasteiger partial charge on any atom is -0.350 e. The van der Waals surface area contributed by atoms with Crippen LogP contribution in [0.5, 0.6) is 0 Å². The lowest BCUT2D eigenvalue weighted by Gasteiger charge is -2.12. The quantitative estimate of drug-likeness (QED) is 0.344.